The standard InChI is InChI=1S/C20H23N3O3S/c1-20(2,3)14-6-4-13(5-7-14)15-12-27-19(21-15)22-16(24)10-11-23-17(25)8-9-18(23)26/h4-7,12H,8-11H2,1-3H3,(H,21,22,24). The first kappa shape index (κ1) is 19.2. The maximum Gasteiger partial charge on any atom is 0.229 e. The van der Waals surface area contributed by atoms with Crippen molar-refractivity contribution in [3.8, 4) is 11.3 Å². The van der Waals surface area contributed by atoms with Gasteiger partial charge in [-0.15, -0.1) is 11.3 Å². The molecule has 1 aromatic carbocycles. The van der Waals surface area contributed by atoms with Crippen LogP contribution in [0.25, 0.3) is 11.3 Å². The molecule has 2 heterocycles. The van der Waals surface area contributed by atoms with Crippen molar-refractivity contribution in [3.63, 3.8) is 0 Å². The van der Waals surface area contributed by atoms with Gasteiger partial charge in [0.2, 0.25) is 17.7 Å². The van der Waals surface area contributed by atoms with Crippen molar-refractivity contribution < 1.29 is 14.4 Å². The molecule has 1 N–H and O–H groups in total. The number of thiazole rings is 1. The van der Waals surface area contributed by atoms with Gasteiger partial charge < -0.3 is 5.32 Å². The average molecular weight is 385 g/mol. The summed E-state index contributed by atoms with van der Waals surface area (Å²) in [6.07, 6.45) is 0.557. The number of likely N-dealkylation sites (tertiary alicyclic amines) is 1. The third kappa shape index (κ3) is 4.60. The van der Waals surface area contributed by atoms with Gasteiger partial charge in [0, 0.05) is 36.8 Å². The number of benzene rings is 1. The number of imide groups is 1. The molecule has 0 atom stereocenters. The fourth-order valence-electron chi connectivity index (χ4n) is 2.87. The minimum atomic E-state index is -0.258. The third-order valence-electron chi connectivity index (χ3n) is 4.51. The van der Waals surface area contributed by atoms with Crippen LogP contribution in [-0.4, -0.2) is 34.2 Å². The van der Waals surface area contributed by atoms with E-state index in [0.717, 1.165) is 16.2 Å². The van der Waals surface area contributed by atoms with E-state index in [0.29, 0.717) is 5.13 Å². The van der Waals surface area contributed by atoms with Gasteiger partial charge in [-0.3, -0.25) is 19.3 Å². The van der Waals surface area contributed by atoms with Crippen molar-refractivity contribution in [1.82, 2.24) is 9.88 Å². The van der Waals surface area contributed by atoms with Crippen LogP contribution in [0.2, 0.25) is 0 Å². The highest BCUT2D eigenvalue weighted by Gasteiger charge is 2.28. The lowest BCUT2D eigenvalue weighted by atomic mass is 9.86. The van der Waals surface area contributed by atoms with Gasteiger partial charge in [0.05, 0.1) is 5.69 Å². The smallest absolute Gasteiger partial charge is 0.229 e. The summed E-state index contributed by atoms with van der Waals surface area (Å²) in [5.74, 6) is -0.669. The number of nitrogens with zero attached hydrogens (tertiary/aromatic N) is 2. The van der Waals surface area contributed by atoms with E-state index in [2.05, 4.69) is 43.2 Å². The zero-order chi connectivity index (χ0) is 19.6. The van der Waals surface area contributed by atoms with E-state index in [1.807, 2.05) is 17.5 Å². The lowest BCUT2D eigenvalue weighted by Crippen LogP contribution is -2.32. The van der Waals surface area contributed by atoms with Gasteiger partial charge in [0.15, 0.2) is 5.13 Å². The summed E-state index contributed by atoms with van der Waals surface area (Å²) in [5.41, 5.74) is 3.15. The highest BCUT2D eigenvalue weighted by molar-refractivity contribution is 7.14. The summed E-state index contributed by atoms with van der Waals surface area (Å²) >= 11 is 1.35. The number of hydrogen-bond donors (Lipinski definition) is 1. The number of hydrogen-bond acceptors (Lipinski definition) is 5. The Bertz CT molecular complexity index is 849. The molecule has 0 saturated carbocycles. The molecule has 6 nitrogen and oxygen atoms in total. The monoisotopic (exact) mass is 385 g/mol. The van der Waals surface area contributed by atoms with Crippen molar-refractivity contribution >= 4 is 34.2 Å². The van der Waals surface area contributed by atoms with Crippen LogP contribution in [0.15, 0.2) is 29.6 Å². The molecule has 0 unspecified atom stereocenters. The van der Waals surface area contributed by atoms with Crippen LogP contribution in [0, 0.1) is 0 Å². The molecule has 1 saturated heterocycles. The van der Waals surface area contributed by atoms with Crippen molar-refractivity contribution in [2.75, 3.05) is 11.9 Å². The molecule has 7 heteroatoms. The zero-order valence-electron chi connectivity index (χ0n) is 15.7. The van der Waals surface area contributed by atoms with Crippen molar-refractivity contribution in [2.45, 2.75) is 45.4 Å². The molecule has 0 aliphatic carbocycles. The Morgan fingerprint density at radius 3 is 2.37 bits per heavy atom. The third-order valence-corrected chi connectivity index (χ3v) is 5.27. The Balaban J connectivity index is 1.58. The molecule has 0 spiro atoms. The van der Waals surface area contributed by atoms with E-state index >= 15 is 0 Å². The van der Waals surface area contributed by atoms with E-state index in [9.17, 15) is 14.4 Å². The van der Waals surface area contributed by atoms with Gasteiger partial charge in [0.25, 0.3) is 0 Å². The van der Waals surface area contributed by atoms with Crippen molar-refractivity contribution in [2.24, 2.45) is 0 Å². The van der Waals surface area contributed by atoms with E-state index in [4.69, 9.17) is 0 Å². The molecule has 3 rings (SSSR count). The number of nitrogens with one attached hydrogen (secondary N) is 1. The second-order valence-electron chi connectivity index (χ2n) is 7.60. The molecule has 3 amide bonds. The van der Waals surface area contributed by atoms with Crippen LogP contribution in [0.5, 0.6) is 0 Å². The first-order valence-corrected chi connectivity index (χ1v) is 9.81. The Morgan fingerprint density at radius 1 is 1.15 bits per heavy atom. The lowest BCUT2D eigenvalue weighted by molar-refractivity contribution is -0.138. The van der Waals surface area contributed by atoms with Gasteiger partial charge in [0.1, 0.15) is 0 Å². The highest BCUT2D eigenvalue weighted by atomic mass is 32.1. The molecule has 27 heavy (non-hydrogen) atoms. The molecule has 1 fully saturated rings. The molecule has 142 valence electrons. The Kier molecular flexibility index (Phi) is 5.41. The van der Waals surface area contributed by atoms with E-state index in [1.165, 1.54) is 16.9 Å². The van der Waals surface area contributed by atoms with Crippen LogP contribution in [0.4, 0.5) is 5.13 Å². The molecule has 1 aromatic heterocycles. The molecule has 1 aliphatic heterocycles. The number of rotatable bonds is 5. The molecule has 2 aromatic rings. The minimum absolute atomic E-state index is 0.0761. The first-order chi connectivity index (χ1) is 12.7. The predicted octanol–water partition coefficient (Wildman–Crippen LogP) is 3.59. The number of amides is 3. The van der Waals surface area contributed by atoms with Crippen LogP contribution >= 0.6 is 11.3 Å². The van der Waals surface area contributed by atoms with Crippen LogP contribution in [0.3, 0.4) is 0 Å². The Labute approximate surface area is 162 Å². The van der Waals surface area contributed by atoms with Crippen LogP contribution in [-0.2, 0) is 19.8 Å². The lowest BCUT2D eigenvalue weighted by Gasteiger charge is -2.18. The van der Waals surface area contributed by atoms with E-state index < -0.39 is 0 Å². The summed E-state index contributed by atoms with van der Waals surface area (Å²) in [5, 5.41) is 5.15. The minimum Gasteiger partial charge on any atom is -0.302 e. The summed E-state index contributed by atoms with van der Waals surface area (Å²) < 4.78 is 0. The van der Waals surface area contributed by atoms with Gasteiger partial charge in [-0.25, -0.2) is 4.98 Å². The molecule has 0 bridgehead atoms. The van der Waals surface area contributed by atoms with Crippen LogP contribution < -0.4 is 5.32 Å². The van der Waals surface area contributed by atoms with Gasteiger partial charge in [-0.2, -0.15) is 0 Å². The molecular formula is C20H23N3O3S. The van der Waals surface area contributed by atoms with Crippen LogP contribution in [0.1, 0.15) is 45.6 Å². The summed E-state index contributed by atoms with van der Waals surface area (Å²) in [4.78, 5) is 40.8. The SMILES string of the molecule is CC(C)(C)c1ccc(-c2csc(NC(=O)CCN3C(=O)CCC3=O)n2)cc1. The molecular weight excluding hydrogens is 362 g/mol. The average Bonchev–Trinajstić information content (AvgIpc) is 3.19. The summed E-state index contributed by atoms with van der Waals surface area (Å²) in [6.45, 7) is 6.63. The van der Waals surface area contributed by atoms with Crippen molar-refractivity contribution in [1.29, 1.82) is 0 Å². The topological polar surface area (TPSA) is 79.4 Å². The van der Waals surface area contributed by atoms with E-state index in [-0.39, 0.29) is 48.9 Å². The number of anilines is 1. The fraction of sp³-hybridized carbons (Fsp3) is 0.400. The number of carbonyl (C=O) groups excluding carboxylic acids is 3. The van der Waals surface area contributed by atoms with Crippen molar-refractivity contribution in [3.05, 3.63) is 35.2 Å². The highest BCUT2D eigenvalue weighted by Crippen LogP contribution is 2.28. The fourth-order valence-corrected chi connectivity index (χ4v) is 3.61. The number of carbonyl (C=O) groups is 3. The molecule has 1 aliphatic rings. The summed E-state index contributed by atoms with van der Waals surface area (Å²) in [6, 6.07) is 8.26. The predicted molar refractivity (Wildman–Crippen MR) is 105 cm³/mol. The number of aromatic nitrogens is 1. The second kappa shape index (κ2) is 7.60. The zero-order valence-corrected chi connectivity index (χ0v) is 16.6. The Morgan fingerprint density at radius 2 is 1.78 bits per heavy atom. The van der Waals surface area contributed by atoms with Gasteiger partial charge in [-0.05, 0) is 11.0 Å². The maximum absolute atomic E-state index is 12.1. The first-order valence-electron chi connectivity index (χ1n) is 8.93. The van der Waals surface area contributed by atoms with Gasteiger partial charge in [-0.1, -0.05) is 45.0 Å². The Hall–Kier alpha value is -2.54. The van der Waals surface area contributed by atoms with E-state index in [1.54, 1.807) is 0 Å². The molecule has 0 radical (unpaired) electrons. The normalized spacial score (nSPS) is 14.7. The quantitative estimate of drug-likeness (QED) is 0.798. The summed E-state index contributed by atoms with van der Waals surface area (Å²) in [7, 11) is 0. The largest absolute Gasteiger partial charge is 0.302 e. The maximum atomic E-state index is 12.1. The van der Waals surface area contributed by atoms with Gasteiger partial charge >= 0.3 is 0 Å². The second-order valence-corrected chi connectivity index (χ2v) is 8.46.